The van der Waals surface area contributed by atoms with Gasteiger partial charge in [-0.05, 0) is 0 Å². The molecule has 0 aromatic carbocycles. The average Bonchev–Trinajstić information content (AvgIpc) is 1.89. The third kappa shape index (κ3) is 61.0. The van der Waals surface area contributed by atoms with Crippen molar-refractivity contribution in [3.8, 4) is 0 Å². The zero-order valence-corrected chi connectivity index (χ0v) is 11.3. The molecule has 0 unspecified atom stereocenters. The van der Waals surface area contributed by atoms with E-state index in [0.29, 0.717) is 12.2 Å². The van der Waals surface area contributed by atoms with Gasteiger partial charge in [0.1, 0.15) is 0 Å². The van der Waals surface area contributed by atoms with Gasteiger partial charge in [0.15, 0.2) is 0 Å². The fourth-order valence-electron chi connectivity index (χ4n) is 0. The average molecular weight is 262 g/mol. The summed E-state index contributed by atoms with van der Waals surface area (Å²) in [4.78, 5) is 0. The molecule has 0 aromatic heterocycles. The van der Waals surface area contributed by atoms with Crippen LogP contribution in [0, 0.1) is 0 Å². The fraction of sp³-hybridized carbons (Fsp3) is 1.00. The second kappa shape index (κ2) is 23.2. The van der Waals surface area contributed by atoms with Crippen LogP contribution in [0.5, 0.6) is 0 Å². The smallest absolute Gasteiger partial charge is 2.00 e. The summed E-state index contributed by atoms with van der Waals surface area (Å²) in [5.41, 5.74) is 0. The van der Waals surface area contributed by atoms with Gasteiger partial charge in [-0.1, -0.05) is 0 Å². The van der Waals surface area contributed by atoms with Gasteiger partial charge in [-0.15, -0.1) is 0 Å². The Morgan fingerprint density at radius 2 is 0.769 bits per heavy atom. The van der Waals surface area contributed by atoms with E-state index in [9.17, 15) is 0 Å². The third-order valence-electron chi connectivity index (χ3n) is 0.471. The van der Waals surface area contributed by atoms with Crippen molar-refractivity contribution in [3.63, 3.8) is 0 Å². The summed E-state index contributed by atoms with van der Waals surface area (Å²) < 4.78 is 9.50. The van der Waals surface area contributed by atoms with E-state index < -0.39 is 0 Å². The van der Waals surface area contributed by atoms with Crippen LogP contribution in [0.1, 0.15) is 27.7 Å². The molecule has 0 aromatic rings. The normalized spacial score (nSPS) is 7.54. The van der Waals surface area contributed by atoms with Gasteiger partial charge >= 0.3 is 88.2 Å². The van der Waals surface area contributed by atoms with Gasteiger partial charge in [-0.25, -0.2) is 0 Å². The maximum atomic E-state index is 4.75. The molecule has 0 radical (unpaired) electrons. The molecule has 0 saturated carbocycles. The molecule has 0 bridgehead atoms. The van der Waals surface area contributed by atoms with E-state index in [1.54, 1.807) is 41.6 Å². The molecule has 0 saturated heterocycles. The minimum Gasteiger partial charge on any atom is -2.00 e. The Labute approximate surface area is 104 Å². The van der Waals surface area contributed by atoms with Crippen molar-refractivity contribution >= 4 is 0 Å². The van der Waals surface area contributed by atoms with Crippen molar-refractivity contribution in [3.05, 3.63) is 0 Å². The van der Waals surface area contributed by atoms with Crippen molar-refractivity contribution in [2.45, 2.75) is 39.9 Å². The van der Waals surface area contributed by atoms with Crippen LogP contribution >= 0.6 is 0 Å². The minimum atomic E-state index is 0. The second-order valence-electron chi connectivity index (χ2n) is 2.33. The zero-order chi connectivity index (χ0) is 8.57. The van der Waals surface area contributed by atoms with Crippen molar-refractivity contribution in [2.75, 3.05) is 0 Å². The van der Waals surface area contributed by atoms with E-state index >= 15 is 0 Å². The number of hydrogen-bond acceptors (Lipinski definition) is 2. The minimum absolute atomic E-state index is 0. The van der Waals surface area contributed by atoms with Crippen molar-refractivity contribution in [2.24, 2.45) is 0 Å². The molecule has 0 N–H and O–H groups in total. The van der Waals surface area contributed by atoms with Crippen LogP contribution < -0.4 is 0 Å². The van der Waals surface area contributed by atoms with Crippen LogP contribution in [0.4, 0.5) is 0 Å². The Hall–Kier alpha value is 1.23. The predicted octanol–water partition coefficient (Wildman–Crippen LogP) is 1.39. The molecule has 0 fully saturated rings. The topological polar surface area (TPSA) is 104 Å². The predicted molar refractivity (Wildman–Crippen MR) is 34.5 cm³/mol. The van der Waals surface area contributed by atoms with Crippen LogP contribution in [0.3, 0.4) is 0 Å². The molecule has 0 aliphatic heterocycles. The standard InChI is InChI=1S/2C3H7O.3O.2Ti/c2*1-3(2)4;;;;;/h2*3H,1-2H3;;;;;/q2*-1;3*-2;2*+4. The fourth-order valence-corrected chi connectivity index (χ4v) is 0. The zero-order valence-electron chi connectivity index (χ0n) is 8.20. The van der Waals surface area contributed by atoms with Gasteiger partial charge in [0.05, 0.1) is 0 Å². The molecule has 13 heavy (non-hydrogen) atoms. The Balaban J connectivity index is -0.0000000267. The van der Waals surface area contributed by atoms with E-state index in [-0.39, 0.29) is 16.4 Å². The third-order valence-corrected chi connectivity index (χ3v) is 1.94. The monoisotopic (exact) mass is 262 g/mol. The summed E-state index contributed by atoms with van der Waals surface area (Å²) in [5, 5.41) is 0. The molecule has 7 heteroatoms. The van der Waals surface area contributed by atoms with Crippen molar-refractivity contribution < 1.29 is 64.7 Å². The van der Waals surface area contributed by atoms with E-state index in [2.05, 4.69) is 0 Å². The molecule has 0 spiro atoms. The molecule has 0 aliphatic rings. The van der Waals surface area contributed by atoms with Gasteiger partial charge in [0, 0.05) is 0 Å². The van der Waals surface area contributed by atoms with E-state index in [1.807, 2.05) is 27.7 Å². The molecule has 5 nitrogen and oxygen atoms in total. The Bertz CT molecular complexity index is 55.0. The number of rotatable bonds is 2. The summed E-state index contributed by atoms with van der Waals surface area (Å²) in [6, 6.07) is 0. The first-order chi connectivity index (χ1) is 4.54. The maximum Gasteiger partial charge on any atom is -2.00 e. The molecule has 0 heterocycles. The molecular formula is C6H14O5Ti2. The molecular weight excluding hydrogens is 248 g/mol. The molecule has 0 rings (SSSR count). The van der Waals surface area contributed by atoms with Gasteiger partial charge in [-0.2, -0.15) is 0 Å². The summed E-state index contributed by atoms with van der Waals surface area (Å²) in [7, 11) is 0. The van der Waals surface area contributed by atoms with Crippen LogP contribution in [-0.4, -0.2) is 12.2 Å². The van der Waals surface area contributed by atoms with Crippen LogP contribution in [0.25, 0.3) is 0 Å². The SMILES string of the molecule is CC(C)[O][Ti+3].CC(C)[O][Ti+3].[O-2].[O-2].[O-2]. The second-order valence-corrected chi connectivity index (χ2v) is 3.07. The first-order valence-electron chi connectivity index (χ1n) is 3.19. The van der Waals surface area contributed by atoms with E-state index in [0.717, 1.165) is 0 Å². The van der Waals surface area contributed by atoms with Crippen LogP contribution in [-0.2, 0) is 64.7 Å². The Morgan fingerprint density at radius 3 is 0.769 bits per heavy atom. The summed E-state index contributed by atoms with van der Waals surface area (Å²) in [5.74, 6) is 0. The summed E-state index contributed by atoms with van der Waals surface area (Å²) in [6.45, 7) is 8.00. The summed E-state index contributed by atoms with van der Waals surface area (Å²) in [6.07, 6.45) is 0.769. The van der Waals surface area contributed by atoms with E-state index in [4.69, 9.17) is 6.64 Å². The van der Waals surface area contributed by atoms with Crippen molar-refractivity contribution in [1.29, 1.82) is 0 Å². The van der Waals surface area contributed by atoms with Crippen LogP contribution in [0.15, 0.2) is 0 Å². The van der Waals surface area contributed by atoms with Crippen molar-refractivity contribution in [1.82, 2.24) is 0 Å². The van der Waals surface area contributed by atoms with Gasteiger partial charge in [0.2, 0.25) is 0 Å². The first kappa shape index (κ1) is 29.2. The van der Waals surface area contributed by atoms with Gasteiger partial charge < -0.3 is 16.4 Å². The van der Waals surface area contributed by atoms with Gasteiger partial charge in [0.25, 0.3) is 0 Å². The molecule has 0 atom stereocenters. The summed E-state index contributed by atoms with van der Waals surface area (Å²) >= 11 is 3.40. The first-order valence-corrected chi connectivity index (χ1v) is 4.46. The number of hydrogen-bond donors (Lipinski definition) is 0. The Morgan fingerprint density at radius 1 is 0.692 bits per heavy atom. The van der Waals surface area contributed by atoms with Gasteiger partial charge in [-0.3, -0.25) is 0 Å². The molecule has 0 amide bonds. The quantitative estimate of drug-likeness (QED) is 0.701. The molecule has 76 valence electrons. The van der Waals surface area contributed by atoms with E-state index in [1.165, 1.54) is 0 Å². The largest absolute Gasteiger partial charge is 2.00 e. The maximum absolute atomic E-state index is 4.75. The molecule has 0 aliphatic carbocycles. The Kier molecular flexibility index (Phi) is 52.2. The van der Waals surface area contributed by atoms with Crippen LogP contribution in [0.2, 0.25) is 0 Å².